The Balaban J connectivity index is 1.45. The minimum absolute atomic E-state index is 0.393. The van der Waals surface area contributed by atoms with Crippen molar-refractivity contribution < 1.29 is 0 Å². The number of aryl methyl sites for hydroxylation is 1. The summed E-state index contributed by atoms with van der Waals surface area (Å²) in [5.74, 6) is 1.36. The minimum Gasteiger partial charge on any atom is -0.293 e. The normalized spacial score (nSPS) is 14.6. The maximum Gasteiger partial charge on any atom is 0.131 e. The van der Waals surface area contributed by atoms with Gasteiger partial charge in [-0.1, -0.05) is 43.7 Å². The summed E-state index contributed by atoms with van der Waals surface area (Å²) in [6.45, 7) is 9.46. The van der Waals surface area contributed by atoms with Gasteiger partial charge in [-0.15, -0.1) is 11.3 Å². The van der Waals surface area contributed by atoms with Crippen molar-refractivity contribution in [2.24, 2.45) is 0 Å². The summed E-state index contributed by atoms with van der Waals surface area (Å²) in [5, 5.41) is 0. The molecule has 0 bridgehead atoms. The molecule has 2 aromatic heterocycles. The topological polar surface area (TPSA) is 29.0 Å². The first-order valence-corrected chi connectivity index (χ1v) is 10.1. The maximum atomic E-state index is 4.77. The quantitative estimate of drug-likeness (QED) is 0.638. The van der Waals surface area contributed by atoms with Crippen LogP contribution in [0, 0.1) is 6.92 Å². The average molecular weight is 364 g/mol. The zero-order valence-corrected chi connectivity index (χ0v) is 16.5. The lowest BCUT2D eigenvalue weighted by Crippen LogP contribution is -2.30. The molecule has 0 saturated heterocycles. The second-order valence-electron chi connectivity index (χ2n) is 7.45. The van der Waals surface area contributed by atoms with E-state index in [4.69, 9.17) is 4.98 Å². The van der Waals surface area contributed by atoms with Crippen LogP contribution in [0.15, 0.2) is 42.6 Å². The number of aromatic nitrogens is 2. The van der Waals surface area contributed by atoms with Crippen LogP contribution in [-0.4, -0.2) is 21.4 Å². The molecule has 0 atom stereocenters. The minimum atomic E-state index is 0.393. The van der Waals surface area contributed by atoms with Gasteiger partial charge in [0, 0.05) is 59.2 Å². The molecular weight excluding hydrogens is 338 g/mol. The molecule has 3 aromatic rings. The second-order valence-corrected chi connectivity index (χ2v) is 8.62. The standard InChI is InChI=1S/C22H25N3S/c1-15(2)22-23-12-18-13-25(11-10-20(18)24-22)14-19-8-9-21(26-19)17-6-4-16(3)5-7-17/h4-9,12,15H,10-11,13-14H2,1-3H3. The third kappa shape index (κ3) is 3.71. The predicted octanol–water partition coefficient (Wildman–Crippen LogP) is 5.20. The summed E-state index contributed by atoms with van der Waals surface area (Å²) >= 11 is 1.90. The van der Waals surface area contributed by atoms with Crippen molar-refractivity contribution in [3.63, 3.8) is 0 Å². The van der Waals surface area contributed by atoms with Gasteiger partial charge in [-0.2, -0.15) is 0 Å². The van der Waals surface area contributed by atoms with E-state index in [1.165, 1.54) is 32.1 Å². The van der Waals surface area contributed by atoms with E-state index >= 15 is 0 Å². The van der Waals surface area contributed by atoms with Gasteiger partial charge in [-0.25, -0.2) is 9.97 Å². The van der Waals surface area contributed by atoms with Gasteiger partial charge in [0.05, 0.1) is 0 Å². The number of hydrogen-bond donors (Lipinski definition) is 0. The fourth-order valence-electron chi connectivity index (χ4n) is 3.36. The van der Waals surface area contributed by atoms with E-state index in [2.05, 4.69) is 67.1 Å². The summed E-state index contributed by atoms with van der Waals surface area (Å²) in [5.41, 5.74) is 5.15. The van der Waals surface area contributed by atoms with Crippen LogP contribution in [0.4, 0.5) is 0 Å². The Bertz CT molecular complexity index is 896. The predicted molar refractivity (Wildman–Crippen MR) is 108 cm³/mol. The molecule has 4 rings (SSSR count). The molecule has 0 N–H and O–H groups in total. The summed E-state index contributed by atoms with van der Waals surface area (Å²) < 4.78 is 0. The van der Waals surface area contributed by atoms with Crippen LogP contribution < -0.4 is 0 Å². The fourth-order valence-corrected chi connectivity index (χ4v) is 4.42. The Morgan fingerprint density at radius 2 is 1.92 bits per heavy atom. The van der Waals surface area contributed by atoms with Crippen LogP contribution in [0.5, 0.6) is 0 Å². The summed E-state index contributed by atoms with van der Waals surface area (Å²) in [6, 6.07) is 13.3. The first kappa shape index (κ1) is 17.4. The first-order valence-electron chi connectivity index (χ1n) is 9.31. The van der Waals surface area contributed by atoms with Gasteiger partial charge in [0.15, 0.2) is 0 Å². The molecule has 1 aromatic carbocycles. The van der Waals surface area contributed by atoms with Crippen molar-refractivity contribution in [1.82, 2.24) is 14.9 Å². The van der Waals surface area contributed by atoms with E-state index in [0.717, 1.165) is 31.9 Å². The molecule has 26 heavy (non-hydrogen) atoms. The summed E-state index contributed by atoms with van der Waals surface area (Å²) in [4.78, 5) is 14.6. The lowest BCUT2D eigenvalue weighted by molar-refractivity contribution is 0.244. The van der Waals surface area contributed by atoms with Gasteiger partial charge in [-0.3, -0.25) is 4.90 Å². The Kier molecular flexibility index (Phi) is 4.88. The Morgan fingerprint density at radius 3 is 2.69 bits per heavy atom. The Morgan fingerprint density at radius 1 is 1.12 bits per heavy atom. The molecule has 1 aliphatic rings. The third-order valence-corrected chi connectivity index (χ3v) is 6.04. The van der Waals surface area contributed by atoms with Crippen LogP contribution in [0.2, 0.25) is 0 Å². The third-order valence-electron chi connectivity index (χ3n) is 4.93. The highest BCUT2D eigenvalue weighted by Gasteiger charge is 2.19. The highest BCUT2D eigenvalue weighted by molar-refractivity contribution is 7.15. The van der Waals surface area contributed by atoms with Crippen molar-refractivity contribution >= 4 is 11.3 Å². The lowest BCUT2D eigenvalue weighted by Gasteiger charge is -2.27. The molecule has 0 spiro atoms. The zero-order valence-electron chi connectivity index (χ0n) is 15.7. The van der Waals surface area contributed by atoms with Crippen LogP contribution in [0.1, 0.15) is 47.3 Å². The molecule has 3 heterocycles. The monoisotopic (exact) mass is 363 g/mol. The molecule has 3 nitrogen and oxygen atoms in total. The highest BCUT2D eigenvalue weighted by atomic mass is 32.1. The smallest absolute Gasteiger partial charge is 0.131 e. The summed E-state index contributed by atoms with van der Waals surface area (Å²) in [6.07, 6.45) is 3.06. The molecule has 0 fully saturated rings. The highest BCUT2D eigenvalue weighted by Crippen LogP contribution is 2.30. The van der Waals surface area contributed by atoms with Crippen molar-refractivity contribution in [2.45, 2.75) is 46.2 Å². The van der Waals surface area contributed by atoms with Gasteiger partial charge < -0.3 is 0 Å². The Labute approximate surface area is 159 Å². The van der Waals surface area contributed by atoms with Crippen LogP contribution >= 0.6 is 11.3 Å². The Hall–Kier alpha value is -2.04. The largest absolute Gasteiger partial charge is 0.293 e. The van der Waals surface area contributed by atoms with Gasteiger partial charge in [0.1, 0.15) is 5.82 Å². The number of thiophene rings is 1. The van der Waals surface area contributed by atoms with E-state index in [1.54, 1.807) is 0 Å². The molecular formula is C22H25N3S. The lowest BCUT2D eigenvalue weighted by atomic mass is 10.1. The zero-order chi connectivity index (χ0) is 18.1. The van der Waals surface area contributed by atoms with Crippen molar-refractivity contribution in [3.05, 3.63) is 70.1 Å². The molecule has 1 aliphatic heterocycles. The van der Waals surface area contributed by atoms with E-state index in [1.807, 2.05) is 17.5 Å². The van der Waals surface area contributed by atoms with Crippen molar-refractivity contribution in [3.8, 4) is 10.4 Å². The van der Waals surface area contributed by atoms with Gasteiger partial charge in [0.2, 0.25) is 0 Å². The molecule has 0 aliphatic carbocycles. The number of benzene rings is 1. The molecule has 0 radical (unpaired) electrons. The van der Waals surface area contributed by atoms with Gasteiger partial charge >= 0.3 is 0 Å². The SMILES string of the molecule is Cc1ccc(-c2ccc(CN3CCc4nc(C(C)C)ncc4C3)s2)cc1. The summed E-state index contributed by atoms with van der Waals surface area (Å²) in [7, 11) is 0. The second kappa shape index (κ2) is 7.29. The van der Waals surface area contributed by atoms with E-state index in [0.29, 0.717) is 5.92 Å². The van der Waals surface area contributed by atoms with Crippen LogP contribution in [0.3, 0.4) is 0 Å². The molecule has 134 valence electrons. The molecule has 0 unspecified atom stereocenters. The number of nitrogens with zero attached hydrogens (tertiary/aromatic N) is 3. The van der Waals surface area contributed by atoms with E-state index in [-0.39, 0.29) is 0 Å². The van der Waals surface area contributed by atoms with Gasteiger partial charge in [0.25, 0.3) is 0 Å². The molecule has 0 saturated carbocycles. The number of hydrogen-bond acceptors (Lipinski definition) is 4. The van der Waals surface area contributed by atoms with Gasteiger partial charge in [-0.05, 0) is 24.6 Å². The fraction of sp³-hybridized carbons (Fsp3) is 0.364. The average Bonchev–Trinajstić information content (AvgIpc) is 3.10. The van der Waals surface area contributed by atoms with Crippen molar-refractivity contribution in [2.75, 3.05) is 6.54 Å². The molecule has 0 amide bonds. The van der Waals surface area contributed by atoms with E-state index in [9.17, 15) is 0 Å². The molecule has 4 heteroatoms. The number of rotatable bonds is 4. The van der Waals surface area contributed by atoms with E-state index < -0.39 is 0 Å². The maximum absolute atomic E-state index is 4.77. The van der Waals surface area contributed by atoms with Crippen molar-refractivity contribution in [1.29, 1.82) is 0 Å². The first-order chi connectivity index (χ1) is 12.6. The van der Waals surface area contributed by atoms with Crippen LogP contribution in [0.25, 0.3) is 10.4 Å². The number of fused-ring (bicyclic) bond motifs is 1. The van der Waals surface area contributed by atoms with Crippen LogP contribution in [-0.2, 0) is 19.5 Å².